The number of aromatic nitrogens is 4. The molecule has 0 bridgehead atoms. The van der Waals surface area contributed by atoms with Crippen LogP contribution in [0, 0.1) is 0 Å². The third-order valence-corrected chi connectivity index (χ3v) is 32.3. The Kier molecular flexibility index (Phi) is 17.7. The van der Waals surface area contributed by atoms with E-state index in [9.17, 15) is 0 Å². The average molecular weight is 1850 g/mol. The van der Waals surface area contributed by atoms with Gasteiger partial charge < -0.3 is 28.1 Å². The molecule has 4 aliphatic rings. The summed E-state index contributed by atoms with van der Waals surface area (Å²) in [5, 5.41) is 9.67. The molecule has 146 heavy (non-hydrogen) atoms. The van der Waals surface area contributed by atoms with E-state index in [0.717, 1.165) is 107 Å². The van der Waals surface area contributed by atoms with Crippen LogP contribution in [0.3, 0.4) is 0 Å². The van der Waals surface area contributed by atoms with Crippen LogP contribution in [0.15, 0.2) is 534 Å². The molecule has 6 nitrogen and oxygen atoms in total. The van der Waals surface area contributed by atoms with Gasteiger partial charge in [0.15, 0.2) is 0 Å². The summed E-state index contributed by atoms with van der Waals surface area (Å²) in [5.41, 5.74) is 47.7. The average Bonchev–Trinajstić information content (AvgIpc) is 1.49. The molecule has 6 heterocycles. The van der Waals surface area contributed by atoms with E-state index >= 15 is 0 Å². The molecule has 2 spiro atoms. The Morgan fingerprint density at radius 2 is 0.452 bits per heavy atom. The SMILES string of the molecule is c1ccc(-c2cccc(-c3ccccc3N(c3ccc(-n4c5ccccc5c5c(-c6ccc7c(c6)-c6ccccc6C76c7ccccc7-n7c8ccccc8c8cc(N(c9ccc(-c%10ccc(-n%11c%12ccccc%12c%12ccccc%12%11)cc%10)cc9)c9ccccc9-c9cccc(-c%10ccccc%10)c9)cc6c87)cccc54)cc3)c3cc4c5c(c3)c3ccccc3n5-c3ccccc3C43c4ccccc4-c4ccccc43)c2)cc1. The van der Waals surface area contributed by atoms with Crippen molar-refractivity contribution in [2.45, 2.75) is 10.8 Å². The van der Waals surface area contributed by atoms with Crippen LogP contribution in [0.2, 0.25) is 0 Å². The van der Waals surface area contributed by atoms with Crippen LogP contribution in [0.1, 0.15) is 44.5 Å². The van der Waals surface area contributed by atoms with E-state index in [1.165, 1.54) is 171 Å². The molecule has 2 aliphatic heterocycles. The third-order valence-electron chi connectivity index (χ3n) is 32.3. The summed E-state index contributed by atoms with van der Waals surface area (Å²) in [6.45, 7) is 0. The Labute approximate surface area is 844 Å². The van der Waals surface area contributed by atoms with Crippen molar-refractivity contribution in [3.05, 3.63) is 578 Å². The van der Waals surface area contributed by atoms with Crippen molar-refractivity contribution in [1.29, 1.82) is 0 Å². The number of rotatable bonds is 14. The molecule has 4 aromatic heterocycles. The first kappa shape index (κ1) is 81.7. The fourth-order valence-corrected chi connectivity index (χ4v) is 26.4. The van der Waals surface area contributed by atoms with E-state index in [1.54, 1.807) is 0 Å². The maximum absolute atomic E-state index is 2.58. The van der Waals surface area contributed by atoms with Gasteiger partial charge in [0.25, 0.3) is 0 Å². The highest BCUT2D eigenvalue weighted by Crippen LogP contribution is 2.66. The molecule has 6 heteroatoms. The summed E-state index contributed by atoms with van der Waals surface area (Å²) < 4.78 is 10.0. The first-order chi connectivity index (χ1) is 72.5. The molecule has 678 valence electrons. The summed E-state index contributed by atoms with van der Waals surface area (Å²) in [6.07, 6.45) is 0. The highest BCUT2D eigenvalue weighted by Gasteiger charge is 2.54. The largest absolute Gasteiger partial charge is 0.310 e. The fraction of sp³-hybridized carbons (Fsp3) is 0.0143. The molecular weight excluding hydrogens is 1770 g/mol. The monoisotopic (exact) mass is 1850 g/mol. The Hall–Kier alpha value is -19.1. The predicted molar refractivity (Wildman–Crippen MR) is 608 cm³/mol. The van der Waals surface area contributed by atoms with Gasteiger partial charge in [-0.2, -0.15) is 0 Å². The maximum Gasteiger partial charge on any atom is 0.0755 e. The first-order valence-electron chi connectivity index (χ1n) is 50.7. The highest BCUT2D eigenvalue weighted by molar-refractivity contribution is 6.20. The van der Waals surface area contributed by atoms with Crippen LogP contribution in [-0.2, 0) is 10.8 Å². The van der Waals surface area contributed by atoms with Gasteiger partial charge >= 0.3 is 0 Å². The van der Waals surface area contributed by atoms with Crippen molar-refractivity contribution in [2.24, 2.45) is 0 Å². The third kappa shape index (κ3) is 11.6. The van der Waals surface area contributed by atoms with Gasteiger partial charge in [-0.3, -0.25) is 0 Å². The summed E-state index contributed by atoms with van der Waals surface area (Å²) >= 11 is 0. The minimum atomic E-state index is -0.810. The molecule has 0 saturated carbocycles. The van der Waals surface area contributed by atoms with Crippen molar-refractivity contribution in [1.82, 2.24) is 18.3 Å². The zero-order valence-corrected chi connectivity index (χ0v) is 79.5. The van der Waals surface area contributed by atoms with Gasteiger partial charge in [-0.1, -0.05) is 382 Å². The molecule has 1 unspecified atom stereocenters. The lowest BCUT2D eigenvalue weighted by Gasteiger charge is -2.40. The van der Waals surface area contributed by atoms with Crippen LogP contribution in [0.25, 0.3) is 199 Å². The first-order valence-corrected chi connectivity index (χ1v) is 50.7. The molecular formula is C140H88N6. The van der Waals surface area contributed by atoms with Gasteiger partial charge in [-0.25, -0.2) is 0 Å². The van der Waals surface area contributed by atoms with Gasteiger partial charge in [0.2, 0.25) is 0 Å². The number of hydrogen-bond donors (Lipinski definition) is 0. The second kappa shape index (κ2) is 31.7. The molecule has 1 atom stereocenters. The minimum Gasteiger partial charge on any atom is -0.310 e. The molecule has 31 rings (SSSR count). The lowest BCUT2D eigenvalue weighted by Crippen LogP contribution is -2.33. The summed E-state index contributed by atoms with van der Waals surface area (Å²) in [7, 11) is 0. The molecule has 0 N–H and O–H groups in total. The lowest BCUT2D eigenvalue weighted by molar-refractivity contribution is 0.748. The van der Waals surface area contributed by atoms with Gasteiger partial charge in [0.1, 0.15) is 0 Å². The smallest absolute Gasteiger partial charge is 0.0755 e. The fourth-order valence-electron chi connectivity index (χ4n) is 26.4. The van der Waals surface area contributed by atoms with E-state index in [2.05, 4.69) is 562 Å². The molecule has 0 fully saturated rings. The van der Waals surface area contributed by atoms with Gasteiger partial charge in [-0.05, 0) is 274 Å². The number of benzene rings is 23. The zero-order chi connectivity index (χ0) is 95.6. The molecule has 0 radical (unpaired) electrons. The van der Waals surface area contributed by atoms with Gasteiger partial charge in [-0.15, -0.1) is 0 Å². The van der Waals surface area contributed by atoms with Gasteiger partial charge in [0.05, 0.1) is 77.7 Å². The predicted octanol–water partition coefficient (Wildman–Crippen LogP) is 36.4. The van der Waals surface area contributed by atoms with Crippen LogP contribution >= 0.6 is 0 Å². The van der Waals surface area contributed by atoms with E-state index in [0.29, 0.717) is 0 Å². The Balaban J connectivity index is 0.574. The van der Waals surface area contributed by atoms with Crippen molar-refractivity contribution >= 4 is 121 Å². The van der Waals surface area contributed by atoms with Gasteiger partial charge in [0, 0.05) is 88.3 Å². The molecule has 27 aromatic rings. The highest BCUT2D eigenvalue weighted by atomic mass is 15.2. The topological polar surface area (TPSA) is 26.2 Å². The van der Waals surface area contributed by atoms with E-state index in [1.807, 2.05) is 0 Å². The molecule has 0 amide bonds. The van der Waals surface area contributed by atoms with Crippen molar-refractivity contribution in [3.8, 4) is 112 Å². The summed E-state index contributed by atoms with van der Waals surface area (Å²) in [4.78, 5) is 5.10. The zero-order valence-electron chi connectivity index (χ0n) is 79.5. The Morgan fingerprint density at radius 3 is 0.932 bits per heavy atom. The standard InChI is InChI=1S/C140H88N6/c1-3-34-89(35-4-1)93-38-31-40-95(82-93)104-42-10-22-58-126(104)141(98-73-68-91(69-74-98)92-70-75-100(76-71-92)143-128-60-24-12-47-110(128)111-48-13-25-61-129(111)143)102-85-117-113-50-15-27-63-131(113)146-134-66-30-21-57-123(134)140(125(88-102)138(117)146)120-55-19-9-46-109(120)115-84-97(72-81-121(115)140)106-52-33-67-135-136(106)114-51-16-28-64-132(114)144(135)101-79-77-99(78-80-101)142(127-59-23-11-43-105(127)96-41-32-39-94(83-96)90-36-5-2-6-37-90)103-86-116-112-49-14-26-62-130(112)145-133-65-29-20-56-122(133)139(124(87-103)137(116)145)118-53-17-7-44-107(118)108-45-8-18-54-119(108)139/h1-88H. The Bertz CT molecular complexity index is 10100. The summed E-state index contributed by atoms with van der Waals surface area (Å²) in [6, 6.07) is 201. The molecule has 23 aromatic carbocycles. The number of nitrogens with zero attached hydrogens (tertiary/aromatic N) is 6. The van der Waals surface area contributed by atoms with E-state index in [-0.39, 0.29) is 0 Å². The van der Waals surface area contributed by atoms with Crippen LogP contribution in [0.5, 0.6) is 0 Å². The molecule has 2 aliphatic carbocycles. The van der Waals surface area contributed by atoms with E-state index in [4.69, 9.17) is 0 Å². The lowest BCUT2D eigenvalue weighted by atomic mass is 9.65. The normalized spacial score (nSPS) is 13.7. The van der Waals surface area contributed by atoms with Crippen LogP contribution in [-0.4, -0.2) is 18.3 Å². The minimum absolute atomic E-state index is 0.671. The number of anilines is 6. The second-order valence-electron chi connectivity index (χ2n) is 39.5. The van der Waals surface area contributed by atoms with Crippen molar-refractivity contribution < 1.29 is 0 Å². The van der Waals surface area contributed by atoms with Crippen molar-refractivity contribution in [2.75, 3.05) is 9.80 Å². The Morgan fingerprint density at radius 1 is 0.151 bits per heavy atom. The van der Waals surface area contributed by atoms with Crippen LogP contribution in [0.4, 0.5) is 34.1 Å². The maximum atomic E-state index is 2.58. The second-order valence-corrected chi connectivity index (χ2v) is 39.5. The number of para-hydroxylation sites is 9. The van der Waals surface area contributed by atoms with Crippen LogP contribution < -0.4 is 9.80 Å². The van der Waals surface area contributed by atoms with Crippen molar-refractivity contribution in [3.63, 3.8) is 0 Å². The molecule has 0 saturated heterocycles. The van der Waals surface area contributed by atoms with E-state index < -0.39 is 10.8 Å². The quantitative estimate of drug-likeness (QED) is 0.108. The summed E-state index contributed by atoms with van der Waals surface area (Å²) in [5.74, 6) is 0. The number of fused-ring (bicyclic) bond motifs is 30. The number of hydrogen-bond acceptors (Lipinski definition) is 2.